The summed E-state index contributed by atoms with van der Waals surface area (Å²) in [6.07, 6.45) is 2.16. The van der Waals surface area contributed by atoms with Crippen LogP contribution in [0.25, 0.3) is 66.6 Å². The zero-order chi connectivity index (χ0) is 26.5. The van der Waals surface area contributed by atoms with Crippen molar-refractivity contribution >= 4 is 32.7 Å². The van der Waals surface area contributed by atoms with Gasteiger partial charge in [0, 0.05) is 33.6 Å². The van der Waals surface area contributed by atoms with E-state index in [0.29, 0.717) is 0 Å². The van der Waals surface area contributed by atoms with Crippen molar-refractivity contribution < 1.29 is 0 Å². The lowest BCUT2D eigenvalue weighted by Gasteiger charge is -2.13. The van der Waals surface area contributed by atoms with Crippen LogP contribution < -0.4 is 0 Å². The predicted octanol–water partition coefficient (Wildman–Crippen LogP) is 9.46. The van der Waals surface area contributed by atoms with E-state index in [2.05, 4.69) is 155 Å². The summed E-state index contributed by atoms with van der Waals surface area (Å²) in [7, 11) is 0. The molecule has 0 fully saturated rings. The van der Waals surface area contributed by atoms with Gasteiger partial charge in [-0.25, -0.2) is 4.98 Å². The van der Waals surface area contributed by atoms with Crippen LogP contribution in [0.3, 0.4) is 0 Å². The molecule has 188 valence electrons. The first-order chi connectivity index (χ1) is 19.8. The molecular weight excluding hydrogens is 486 g/mol. The largest absolute Gasteiger partial charge is 0.317 e. The zero-order valence-corrected chi connectivity index (χ0v) is 21.8. The molecule has 3 nitrogen and oxygen atoms in total. The number of rotatable bonds is 4. The van der Waals surface area contributed by atoms with E-state index in [9.17, 15) is 0 Å². The molecule has 3 heteroatoms. The highest BCUT2D eigenvalue weighted by atomic mass is 15.1. The van der Waals surface area contributed by atoms with Gasteiger partial charge in [0.25, 0.3) is 0 Å². The van der Waals surface area contributed by atoms with Crippen LogP contribution in [0.4, 0.5) is 0 Å². The quantitative estimate of drug-likeness (QED) is 0.231. The maximum Gasteiger partial charge on any atom is 0.138 e. The maximum atomic E-state index is 5.26. The molecular formula is C37H25N3. The number of benzene rings is 5. The molecule has 40 heavy (non-hydrogen) atoms. The Bertz CT molecular complexity index is 2080. The Labute approximate surface area is 232 Å². The van der Waals surface area contributed by atoms with Gasteiger partial charge in [-0.15, -0.1) is 0 Å². The van der Waals surface area contributed by atoms with E-state index in [0.717, 1.165) is 39.4 Å². The minimum absolute atomic E-state index is 0.910. The molecule has 0 saturated heterocycles. The van der Waals surface area contributed by atoms with Crippen molar-refractivity contribution in [3.63, 3.8) is 0 Å². The van der Waals surface area contributed by atoms with E-state index in [1.165, 1.54) is 27.2 Å². The number of pyridine rings is 1. The third-order valence-corrected chi connectivity index (χ3v) is 7.74. The van der Waals surface area contributed by atoms with E-state index in [1.807, 2.05) is 6.07 Å². The van der Waals surface area contributed by atoms with E-state index >= 15 is 0 Å². The highest BCUT2D eigenvalue weighted by Crippen LogP contribution is 2.37. The SMILES string of the molecule is c1ccc(-c2cc(-c3ccccc3)nc(-n3c4ccccc4c4cc5c(ccn5-c5ccccc5)cc43)c2)cc1. The van der Waals surface area contributed by atoms with Gasteiger partial charge in [-0.2, -0.15) is 0 Å². The van der Waals surface area contributed by atoms with E-state index in [4.69, 9.17) is 4.98 Å². The Morgan fingerprint density at radius 1 is 0.450 bits per heavy atom. The summed E-state index contributed by atoms with van der Waals surface area (Å²) >= 11 is 0. The molecule has 3 aromatic heterocycles. The van der Waals surface area contributed by atoms with Crippen LogP contribution >= 0.6 is 0 Å². The molecule has 0 bridgehead atoms. The van der Waals surface area contributed by atoms with Crippen molar-refractivity contribution in [2.75, 3.05) is 0 Å². The lowest BCUT2D eigenvalue weighted by atomic mass is 10.0. The summed E-state index contributed by atoms with van der Waals surface area (Å²) in [6.45, 7) is 0. The van der Waals surface area contributed by atoms with Crippen molar-refractivity contribution in [1.82, 2.24) is 14.1 Å². The first kappa shape index (κ1) is 22.6. The van der Waals surface area contributed by atoms with Crippen molar-refractivity contribution in [2.45, 2.75) is 0 Å². The van der Waals surface area contributed by atoms with Gasteiger partial charge in [0.2, 0.25) is 0 Å². The molecule has 0 atom stereocenters. The summed E-state index contributed by atoms with van der Waals surface area (Å²) < 4.78 is 4.59. The number of hydrogen-bond donors (Lipinski definition) is 0. The van der Waals surface area contributed by atoms with Crippen LogP contribution in [-0.4, -0.2) is 14.1 Å². The molecule has 0 aliphatic carbocycles. The van der Waals surface area contributed by atoms with Crippen LogP contribution in [0.2, 0.25) is 0 Å². The lowest BCUT2D eigenvalue weighted by molar-refractivity contribution is 1.08. The third-order valence-electron chi connectivity index (χ3n) is 7.74. The number of hydrogen-bond acceptors (Lipinski definition) is 1. The first-order valence-corrected chi connectivity index (χ1v) is 13.6. The highest BCUT2D eigenvalue weighted by molar-refractivity contribution is 6.13. The second kappa shape index (κ2) is 9.11. The number of para-hydroxylation sites is 2. The summed E-state index contributed by atoms with van der Waals surface area (Å²) in [5.74, 6) is 0.910. The molecule has 0 amide bonds. The lowest BCUT2D eigenvalue weighted by Crippen LogP contribution is -2.00. The topological polar surface area (TPSA) is 22.8 Å². The van der Waals surface area contributed by atoms with Gasteiger partial charge in [-0.05, 0) is 59.7 Å². The molecule has 3 heterocycles. The molecule has 0 saturated carbocycles. The van der Waals surface area contributed by atoms with Gasteiger partial charge in [-0.1, -0.05) is 97.1 Å². The summed E-state index contributed by atoms with van der Waals surface area (Å²) in [4.78, 5) is 5.26. The average Bonchev–Trinajstić information content (AvgIpc) is 3.59. The van der Waals surface area contributed by atoms with Crippen LogP contribution in [-0.2, 0) is 0 Å². The molecule has 8 aromatic rings. The standard InChI is InChI=1S/C37H25N3/c1-4-12-26(13-5-1)29-22-33(27-14-6-2-7-15-27)38-37(24-29)40-34-19-11-10-18-31(34)32-25-35-28(23-36(32)40)20-21-39(35)30-16-8-3-9-17-30/h1-25H. The number of fused-ring (bicyclic) bond motifs is 4. The highest BCUT2D eigenvalue weighted by Gasteiger charge is 2.17. The van der Waals surface area contributed by atoms with Gasteiger partial charge >= 0.3 is 0 Å². The van der Waals surface area contributed by atoms with Crippen molar-refractivity contribution in [3.05, 3.63) is 152 Å². The number of nitrogens with zero attached hydrogens (tertiary/aromatic N) is 3. The molecule has 8 rings (SSSR count). The Hall–Kier alpha value is -5.41. The van der Waals surface area contributed by atoms with Crippen LogP contribution in [0.5, 0.6) is 0 Å². The second-order valence-electron chi connectivity index (χ2n) is 10.1. The number of aromatic nitrogens is 3. The fourth-order valence-corrected chi connectivity index (χ4v) is 5.84. The van der Waals surface area contributed by atoms with Gasteiger partial charge in [-0.3, -0.25) is 4.57 Å². The molecule has 5 aromatic carbocycles. The van der Waals surface area contributed by atoms with Crippen LogP contribution in [0.15, 0.2) is 152 Å². The molecule has 0 aliphatic heterocycles. The molecule has 0 N–H and O–H groups in total. The van der Waals surface area contributed by atoms with Gasteiger partial charge in [0.1, 0.15) is 5.82 Å². The predicted molar refractivity (Wildman–Crippen MR) is 166 cm³/mol. The maximum absolute atomic E-state index is 5.26. The minimum Gasteiger partial charge on any atom is -0.317 e. The summed E-state index contributed by atoms with van der Waals surface area (Å²) in [6, 6.07) is 51.4. The Morgan fingerprint density at radius 3 is 1.90 bits per heavy atom. The van der Waals surface area contributed by atoms with Crippen molar-refractivity contribution in [2.24, 2.45) is 0 Å². The Morgan fingerprint density at radius 2 is 1.12 bits per heavy atom. The van der Waals surface area contributed by atoms with E-state index in [-0.39, 0.29) is 0 Å². The fraction of sp³-hybridized carbons (Fsp3) is 0. The minimum atomic E-state index is 0.910. The van der Waals surface area contributed by atoms with Gasteiger partial charge < -0.3 is 4.57 Å². The molecule has 0 spiro atoms. The van der Waals surface area contributed by atoms with Crippen LogP contribution in [0.1, 0.15) is 0 Å². The smallest absolute Gasteiger partial charge is 0.138 e. The molecule has 0 radical (unpaired) electrons. The third kappa shape index (κ3) is 3.63. The molecule has 0 unspecified atom stereocenters. The summed E-state index contributed by atoms with van der Waals surface area (Å²) in [5.41, 5.74) is 9.02. The normalized spacial score (nSPS) is 11.5. The first-order valence-electron chi connectivity index (χ1n) is 13.6. The van der Waals surface area contributed by atoms with E-state index in [1.54, 1.807) is 0 Å². The molecule has 0 aliphatic rings. The Balaban J connectivity index is 1.43. The van der Waals surface area contributed by atoms with Gasteiger partial charge in [0.05, 0.1) is 22.2 Å². The van der Waals surface area contributed by atoms with Crippen LogP contribution in [0, 0.1) is 0 Å². The average molecular weight is 512 g/mol. The van der Waals surface area contributed by atoms with Gasteiger partial charge in [0.15, 0.2) is 0 Å². The van der Waals surface area contributed by atoms with E-state index < -0.39 is 0 Å². The van der Waals surface area contributed by atoms with Crippen molar-refractivity contribution in [3.8, 4) is 33.9 Å². The second-order valence-corrected chi connectivity index (χ2v) is 10.1. The van der Waals surface area contributed by atoms with Crippen molar-refractivity contribution in [1.29, 1.82) is 0 Å². The zero-order valence-electron chi connectivity index (χ0n) is 21.8. The monoisotopic (exact) mass is 511 g/mol. The Kier molecular flexibility index (Phi) is 5.14. The fourth-order valence-electron chi connectivity index (χ4n) is 5.84. The summed E-state index contributed by atoms with van der Waals surface area (Å²) in [5, 5.41) is 3.63.